The standard InChI is InChI=1S/C11H11N3S/c1-2-3-6-9-15-11-13-12-10-7-4-5-8-14(10)11/h1,4-5,7-8H,3,6,9H2. The van der Waals surface area contributed by atoms with Gasteiger partial charge in [0, 0.05) is 18.4 Å². The van der Waals surface area contributed by atoms with Crippen molar-refractivity contribution in [2.75, 3.05) is 5.75 Å². The summed E-state index contributed by atoms with van der Waals surface area (Å²) < 4.78 is 1.99. The Kier molecular flexibility index (Phi) is 3.25. The van der Waals surface area contributed by atoms with Crippen LogP contribution < -0.4 is 0 Å². The molecule has 3 nitrogen and oxygen atoms in total. The van der Waals surface area contributed by atoms with Gasteiger partial charge in [0.1, 0.15) is 0 Å². The number of thioether (sulfide) groups is 1. The molecule has 76 valence electrons. The van der Waals surface area contributed by atoms with Crippen LogP contribution in [0.5, 0.6) is 0 Å². The van der Waals surface area contributed by atoms with E-state index in [2.05, 4.69) is 16.1 Å². The minimum atomic E-state index is 0.823. The summed E-state index contributed by atoms with van der Waals surface area (Å²) >= 11 is 1.69. The molecule has 2 heterocycles. The average Bonchev–Trinajstić information content (AvgIpc) is 2.68. The minimum absolute atomic E-state index is 0.823. The second-order valence-corrected chi connectivity index (χ2v) is 4.13. The van der Waals surface area contributed by atoms with Crippen LogP contribution in [-0.4, -0.2) is 20.4 Å². The summed E-state index contributed by atoms with van der Waals surface area (Å²) in [6.45, 7) is 0. The predicted molar refractivity (Wildman–Crippen MR) is 61.8 cm³/mol. The van der Waals surface area contributed by atoms with E-state index in [-0.39, 0.29) is 0 Å². The third kappa shape index (κ3) is 2.31. The number of terminal acetylenes is 1. The van der Waals surface area contributed by atoms with Crippen molar-refractivity contribution in [2.24, 2.45) is 0 Å². The topological polar surface area (TPSA) is 30.2 Å². The van der Waals surface area contributed by atoms with Crippen LogP contribution in [0.4, 0.5) is 0 Å². The van der Waals surface area contributed by atoms with Crippen molar-refractivity contribution >= 4 is 17.4 Å². The Morgan fingerprint density at radius 1 is 1.40 bits per heavy atom. The van der Waals surface area contributed by atoms with Crippen molar-refractivity contribution < 1.29 is 0 Å². The fourth-order valence-corrected chi connectivity index (χ4v) is 2.12. The second-order valence-electron chi connectivity index (χ2n) is 3.07. The lowest BCUT2D eigenvalue weighted by atomic mass is 10.4. The Balaban J connectivity index is 2.05. The van der Waals surface area contributed by atoms with E-state index in [0.29, 0.717) is 0 Å². The van der Waals surface area contributed by atoms with Crippen LogP contribution in [-0.2, 0) is 0 Å². The van der Waals surface area contributed by atoms with Gasteiger partial charge >= 0.3 is 0 Å². The van der Waals surface area contributed by atoms with Gasteiger partial charge in [0.2, 0.25) is 0 Å². The molecule has 0 bridgehead atoms. The number of hydrogen-bond acceptors (Lipinski definition) is 3. The highest BCUT2D eigenvalue weighted by Gasteiger charge is 2.03. The summed E-state index contributed by atoms with van der Waals surface area (Å²) in [5, 5.41) is 9.12. The molecular formula is C11H11N3S. The predicted octanol–water partition coefficient (Wildman–Crippen LogP) is 2.23. The smallest absolute Gasteiger partial charge is 0.195 e. The molecule has 0 atom stereocenters. The van der Waals surface area contributed by atoms with Gasteiger partial charge in [0.15, 0.2) is 10.8 Å². The molecule has 15 heavy (non-hydrogen) atoms. The summed E-state index contributed by atoms with van der Waals surface area (Å²) in [7, 11) is 0. The Morgan fingerprint density at radius 2 is 2.33 bits per heavy atom. The van der Waals surface area contributed by atoms with E-state index < -0.39 is 0 Å². The summed E-state index contributed by atoms with van der Waals surface area (Å²) in [6.07, 6.45) is 9.00. The van der Waals surface area contributed by atoms with Crippen molar-refractivity contribution in [1.82, 2.24) is 14.6 Å². The molecule has 0 unspecified atom stereocenters. The van der Waals surface area contributed by atoms with Gasteiger partial charge in [0.05, 0.1) is 0 Å². The molecule has 2 aromatic heterocycles. The van der Waals surface area contributed by atoms with Gasteiger partial charge in [-0.05, 0) is 18.6 Å². The first kappa shape index (κ1) is 10.1. The van der Waals surface area contributed by atoms with E-state index in [9.17, 15) is 0 Å². The van der Waals surface area contributed by atoms with Crippen molar-refractivity contribution in [3.8, 4) is 12.3 Å². The molecule has 2 aromatic rings. The lowest BCUT2D eigenvalue weighted by Crippen LogP contribution is -1.87. The van der Waals surface area contributed by atoms with Crippen LogP contribution >= 0.6 is 11.8 Å². The molecule has 0 aromatic carbocycles. The zero-order valence-corrected chi connectivity index (χ0v) is 9.07. The van der Waals surface area contributed by atoms with Crippen molar-refractivity contribution in [2.45, 2.75) is 18.0 Å². The van der Waals surface area contributed by atoms with Crippen LogP contribution in [0, 0.1) is 12.3 Å². The zero-order chi connectivity index (χ0) is 10.5. The highest BCUT2D eigenvalue weighted by atomic mass is 32.2. The highest BCUT2D eigenvalue weighted by Crippen LogP contribution is 2.17. The molecule has 0 saturated carbocycles. The summed E-state index contributed by atoms with van der Waals surface area (Å²) in [6, 6.07) is 5.87. The maximum atomic E-state index is 5.19. The summed E-state index contributed by atoms with van der Waals surface area (Å²) in [5.41, 5.74) is 0.886. The van der Waals surface area contributed by atoms with Crippen LogP contribution in [0.1, 0.15) is 12.8 Å². The van der Waals surface area contributed by atoms with Crippen molar-refractivity contribution in [1.29, 1.82) is 0 Å². The molecule has 0 spiro atoms. The number of aromatic nitrogens is 3. The first-order chi connectivity index (χ1) is 7.42. The Bertz CT molecular complexity index is 484. The third-order valence-electron chi connectivity index (χ3n) is 1.98. The van der Waals surface area contributed by atoms with Crippen molar-refractivity contribution in [3.63, 3.8) is 0 Å². The number of rotatable bonds is 4. The van der Waals surface area contributed by atoms with Gasteiger partial charge in [-0.2, -0.15) is 0 Å². The quantitative estimate of drug-likeness (QED) is 0.447. The van der Waals surface area contributed by atoms with Crippen LogP contribution in [0.15, 0.2) is 29.6 Å². The minimum Gasteiger partial charge on any atom is -0.277 e. The molecule has 4 heteroatoms. The zero-order valence-electron chi connectivity index (χ0n) is 8.26. The number of hydrogen-bond donors (Lipinski definition) is 0. The lowest BCUT2D eigenvalue weighted by Gasteiger charge is -1.97. The maximum Gasteiger partial charge on any atom is 0.195 e. The largest absolute Gasteiger partial charge is 0.277 e. The van der Waals surface area contributed by atoms with Gasteiger partial charge in [-0.3, -0.25) is 4.40 Å². The van der Waals surface area contributed by atoms with E-state index in [1.54, 1.807) is 11.8 Å². The van der Waals surface area contributed by atoms with Gasteiger partial charge in [-0.1, -0.05) is 17.8 Å². The molecule has 0 aliphatic carbocycles. The van der Waals surface area contributed by atoms with Crippen molar-refractivity contribution in [3.05, 3.63) is 24.4 Å². The highest BCUT2D eigenvalue weighted by molar-refractivity contribution is 7.99. The SMILES string of the molecule is C#CCCCSc1nnc2ccccn12. The normalized spacial score (nSPS) is 10.3. The Labute approximate surface area is 92.9 Å². The first-order valence-electron chi connectivity index (χ1n) is 4.78. The number of pyridine rings is 1. The third-order valence-corrected chi connectivity index (χ3v) is 3.01. The lowest BCUT2D eigenvalue weighted by molar-refractivity contribution is 0.912. The molecule has 0 saturated heterocycles. The van der Waals surface area contributed by atoms with E-state index in [1.807, 2.05) is 28.8 Å². The van der Waals surface area contributed by atoms with Crippen LogP contribution in [0.3, 0.4) is 0 Å². The van der Waals surface area contributed by atoms with Crippen LogP contribution in [0.25, 0.3) is 5.65 Å². The fourth-order valence-electron chi connectivity index (χ4n) is 1.26. The number of nitrogens with zero attached hydrogens (tertiary/aromatic N) is 3. The monoisotopic (exact) mass is 217 g/mol. The fraction of sp³-hybridized carbons (Fsp3) is 0.273. The Morgan fingerprint density at radius 3 is 3.20 bits per heavy atom. The maximum absolute atomic E-state index is 5.19. The first-order valence-corrected chi connectivity index (χ1v) is 5.76. The molecule has 0 aliphatic rings. The number of unbranched alkanes of at least 4 members (excludes halogenated alkanes) is 1. The average molecular weight is 217 g/mol. The summed E-state index contributed by atoms with van der Waals surface area (Å²) in [4.78, 5) is 0. The molecular weight excluding hydrogens is 206 g/mol. The van der Waals surface area contributed by atoms with E-state index >= 15 is 0 Å². The van der Waals surface area contributed by atoms with Gasteiger partial charge < -0.3 is 0 Å². The van der Waals surface area contributed by atoms with E-state index in [0.717, 1.165) is 29.4 Å². The number of fused-ring (bicyclic) bond motifs is 1. The molecule has 0 aliphatic heterocycles. The summed E-state index contributed by atoms with van der Waals surface area (Å²) in [5.74, 6) is 3.61. The van der Waals surface area contributed by atoms with E-state index in [1.165, 1.54) is 0 Å². The van der Waals surface area contributed by atoms with Gasteiger partial charge in [0.25, 0.3) is 0 Å². The molecule has 0 radical (unpaired) electrons. The van der Waals surface area contributed by atoms with Gasteiger partial charge in [-0.15, -0.1) is 22.5 Å². The van der Waals surface area contributed by atoms with Gasteiger partial charge in [-0.25, -0.2) is 0 Å². The molecule has 0 fully saturated rings. The Hall–Kier alpha value is -1.47. The molecule has 0 N–H and O–H groups in total. The van der Waals surface area contributed by atoms with E-state index in [4.69, 9.17) is 6.42 Å². The second kappa shape index (κ2) is 4.85. The molecule has 0 amide bonds. The molecule has 2 rings (SSSR count). The van der Waals surface area contributed by atoms with Crippen LogP contribution in [0.2, 0.25) is 0 Å².